The average molecular weight is 343 g/mol. The summed E-state index contributed by atoms with van der Waals surface area (Å²) >= 11 is 0. The number of nitrogens with zero attached hydrogens (tertiary/aromatic N) is 2. The second-order valence-corrected chi connectivity index (χ2v) is 5.45. The lowest BCUT2D eigenvalue weighted by atomic mass is 10.0. The van der Waals surface area contributed by atoms with E-state index < -0.39 is 22.8 Å². The van der Waals surface area contributed by atoms with E-state index in [2.05, 4.69) is 10.5 Å². The molecule has 1 aliphatic rings. The molecule has 1 aliphatic heterocycles. The number of oxime groups is 1. The smallest absolute Gasteiger partial charge is 0.274 e. The number of nitro groups is 1. The maximum Gasteiger partial charge on any atom is 0.274 e. The van der Waals surface area contributed by atoms with E-state index >= 15 is 0 Å². The summed E-state index contributed by atoms with van der Waals surface area (Å²) in [6, 6.07) is 12.0. The number of amides is 1. The summed E-state index contributed by atoms with van der Waals surface area (Å²) in [6.45, 7) is 0.00510. The molecule has 7 nitrogen and oxygen atoms in total. The number of nitro benzene ring substituents is 1. The third-order valence-corrected chi connectivity index (χ3v) is 3.76. The van der Waals surface area contributed by atoms with Gasteiger partial charge in [0.2, 0.25) is 6.10 Å². The topological polar surface area (TPSA) is 93.8 Å². The van der Waals surface area contributed by atoms with Gasteiger partial charge in [-0.15, -0.1) is 0 Å². The Bertz CT molecular complexity index is 853. The summed E-state index contributed by atoms with van der Waals surface area (Å²) in [5.74, 6) is -0.835. The molecule has 0 bridgehead atoms. The van der Waals surface area contributed by atoms with Gasteiger partial charge in [0.15, 0.2) is 0 Å². The minimum absolute atomic E-state index is 0.00510. The number of rotatable bonds is 5. The SMILES string of the molecule is O=C(NCc1ccccc1[N+](=O)[O-])[C@H]1CC(c2cccc(F)c2)=NO1. The Morgan fingerprint density at radius 3 is 2.88 bits per heavy atom. The molecule has 0 aliphatic carbocycles. The van der Waals surface area contributed by atoms with Gasteiger partial charge >= 0.3 is 0 Å². The number of nitrogens with one attached hydrogen (secondary N) is 1. The van der Waals surface area contributed by atoms with E-state index in [1.54, 1.807) is 30.3 Å². The molecule has 0 aromatic heterocycles. The maximum absolute atomic E-state index is 13.3. The molecule has 3 rings (SSSR count). The van der Waals surface area contributed by atoms with Crippen LogP contribution in [0.3, 0.4) is 0 Å². The van der Waals surface area contributed by atoms with Crippen LogP contribution in [0.5, 0.6) is 0 Å². The monoisotopic (exact) mass is 343 g/mol. The molecule has 1 N–H and O–H groups in total. The lowest BCUT2D eigenvalue weighted by Crippen LogP contribution is -2.34. The second-order valence-electron chi connectivity index (χ2n) is 5.45. The van der Waals surface area contributed by atoms with Gasteiger partial charge in [-0.2, -0.15) is 0 Å². The van der Waals surface area contributed by atoms with Gasteiger partial charge in [-0.25, -0.2) is 4.39 Å². The van der Waals surface area contributed by atoms with Crippen molar-refractivity contribution in [1.29, 1.82) is 0 Å². The third-order valence-electron chi connectivity index (χ3n) is 3.76. The summed E-state index contributed by atoms with van der Waals surface area (Å²) in [5.41, 5.74) is 1.36. The van der Waals surface area contributed by atoms with Crippen molar-refractivity contribution < 1.29 is 18.9 Å². The molecular formula is C17H14FN3O4. The molecule has 25 heavy (non-hydrogen) atoms. The number of carbonyl (C=O) groups is 1. The van der Waals surface area contributed by atoms with Gasteiger partial charge in [0.1, 0.15) is 5.82 Å². The Hall–Kier alpha value is -3.29. The summed E-state index contributed by atoms with van der Waals surface area (Å²) in [6.07, 6.45) is -0.646. The first-order chi connectivity index (χ1) is 12.0. The lowest BCUT2D eigenvalue weighted by Gasteiger charge is -2.09. The predicted octanol–water partition coefficient (Wildman–Crippen LogP) is 2.54. The standard InChI is InChI=1S/C17H14FN3O4/c18-13-6-3-5-11(8-13)14-9-16(25-20-14)17(22)19-10-12-4-1-2-7-15(12)21(23)24/h1-8,16H,9-10H2,(H,19,22)/t16-/m1/s1. The zero-order valence-corrected chi connectivity index (χ0v) is 13.0. The fourth-order valence-electron chi connectivity index (χ4n) is 2.49. The van der Waals surface area contributed by atoms with E-state index in [1.807, 2.05) is 0 Å². The van der Waals surface area contributed by atoms with Crippen LogP contribution in [-0.2, 0) is 16.2 Å². The molecule has 0 unspecified atom stereocenters. The van der Waals surface area contributed by atoms with Crippen LogP contribution in [0.1, 0.15) is 17.5 Å². The molecule has 128 valence electrons. The minimum atomic E-state index is -0.846. The zero-order valence-electron chi connectivity index (χ0n) is 13.0. The van der Waals surface area contributed by atoms with Crippen molar-refractivity contribution in [3.8, 4) is 0 Å². The quantitative estimate of drug-likeness (QED) is 0.667. The van der Waals surface area contributed by atoms with Crippen LogP contribution in [0.25, 0.3) is 0 Å². The zero-order chi connectivity index (χ0) is 17.8. The van der Waals surface area contributed by atoms with E-state index in [0.717, 1.165) is 0 Å². The lowest BCUT2D eigenvalue weighted by molar-refractivity contribution is -0.385. The summed E-state index contributed by atoms with van der Waals surface area (Å²) in [5, 5.41) is 17.4. The Morgan fingerprint density at radius 1 is 1.32 bits per heavy atom. The number of carbonyl (C=O) groups excluding carboxylic acids is 1. The van der Waals surface area contributed by atoms with Crippen molar-refractivity contribution in [2.45, 2.75) is 19.1 Å². The minimum Gasteiger partial charge on any atom is -0.382 e. The fraction of sp³-hybridized carbons (Fsp3) is 0.176. The molecule has 0 radical (unpaired) electrons. The first kappa shape index (κ1) is 16.6. The first-order valence-electron chi connectivity index (χ1n) is 7.53. The number of hydrogen-bond donors (Lipinski definition) is 1. The number of hydrogen-bond acceptors (Lipinski definition) is 5. The van der Waals surface area contributed by atoms with Crippen LogP contribution < -0.4 is 5.32 Å². The van der Waals surface area contributed by atoms with Crippen LogP contribution in [0.2, 0.25) is 0 Å². The van der Waals surface area contributed by atoms with Crippen molar-refractivity contribution in [3.05, 3.63) is 75.6 Å². The number of benzene rings is 2. The molecule has 1 amide bonds. The highest BCUT2D eigenvalue weighted by Gasteiger charge is 2.29. The van der Waals surface area contributed by atoms with E-state index in [9.17, 15) is 19.3 Å². The van der Waals surface area contributed by atoms with Gasteiger partial charge in [-0.05, 0) is 12.1 Å². The molecule has 1 heterocycles. The Balaban J connectivity index is 1.60. The van der Waals surface area contributed by atoms with Crippen LogP contribution in [0.15, 0.2) is 53.7 Å². The normalized spacial score (nSPS) is 16.0. The van der Waals surface area contributed by atoms with E-state index in [0.29, 0.717) is 16.8 Å². The molecule has 2 aromatic carbocycles. The van der Waals surface area contributed by atoms with Crippen molar-refractivity contribution in [3.63, 3.8) is 0 Å². The Labute approximate surface area is 142 Å². The molecule has 1 atom stereocenters. The Morgan fingerprint density at radius 2 is 2.12 bits per heavy atom. The summed E-state index contributed by atoms with van der Waals surface area (Å²) in [7, 11) is 0. The molecule has 8 heteroatoms. The highest BCUT2D eigenvalue weighted by atomic mass is 19.1. The van der Waals surface area contributed by atoms with Gasteiger partial charge in [0.25, 0.3) is 11.6 Å². The van der Waals surface area contributed by atoms with E-state index in [1.165, 1.54) is 18.2 Å². The van der Waals surface area contributed by atoms with Crippen molar-refractivity contribution in [2.24, 2.45) is 5.16 Å². The van der Waals surface area contributed by atoms with Gasteiger partial charge < -0.3 is 10.2 Å². The molecular weight excluding hydrogens is 329 g/mol. The van der Waals surface area contributed by atoms with Crippen molar-refractivity contribution >= 4 is 17.3 Å². The summed E-state index contributed by atoms with van der Waals surface area (Å²) in [4.78, 5) is 27.8. The molecule has 0 saturated heterocycles. The predicted molar refractivity (Wildman–Crippen MR) is 87.4 cm³/mol. The number of para-hydroxylation sites is 1. The van der Waals surface area contributed by atoms with Gasteiger partial charge in [0.05, 0.1) is 10.6 Å². The highest BCUT2D eigenvalue weighted by Crippen LogP contribution is 2.19. The molecule has 2 aromatic rings. The van der Waals surface area contributed by atoms with Gasteiger partial charge in [-0.1, -0.05) is 35.5 Å². The highest BCUT2D eigenvalue weighted by molar-refractivity contribution is 6.04. The fourth-order valence-corrected chi connectivity index (χ4v) is 2.49. The van der Waals surface area contributed by atoms with Crippen LogP contribution in [-0.4, -0.2) is 22.6 Å². The average Bonchev–Trinajstić information content (AvgIpc) is 3.10. The molecule has 0 fully saturated rings. The van der Waals surface area contributed by atoms with Crippen molar-refractivity contribution in [2.75, 3.05) is 0 Å². The third kappa shape index (κ3) is 3.79. The Kier molecular flexibility index (Phi) is 4.69. The van der Waals surface area contributed by atoms with Crippen LogP contribution >= 0.6 is 0 Å². The van der Waals surface area contributed by atoms with Crippen LogP contribution in [0.4, 0.5) is 10.1 Å². The molecule has 0 spiro atoms. The van der Waals surface area contributed by atoms with E-state index in [-0.39, 0.29) is 18.7 Å². The maximum atomic E-state index is 13.3. The van der Waals surface area contributed by atoms with E-state index in [4.69, 9.17) is 4.84 Å². The second kappa shape index (κ2) is 7.08. The summed E-state index contributed by atoms with van der Waals surface area (Å²) < 4.78 is 13.3. The molecule has 0 saturated carbocycles. The largest absolute Gasteiger partial charge is 0.382 e. The van der Waals surface area contributed by atoms with Crippen LogP contribution in [0, 0.1) is 15.9 Å². The first-order valence-corrected chi connectivity index (χ1v) is 7.53. The number of halogens is 1. The van der Waals surface area contributed by atoms with Gasteiger partial charge in [0, 0.05) is 30.2 Å². The van der Waals surface area contributed by atoms with Crippen molar-refractivity contribution in [1.82, 2.24) is 5.32 Å². The van der Waals surface area contributed by atoms with Gasteiger partial charge in [-0.3, -0.25) is 14.9 Å².